The van der Waals surface area contributed by atoms with Crippen LogP contribution in [0.25, 0.3) is 0 Å². The largest absolute Gasteiger partial charge is 0.480 e. The van der Waals surface area contributed by atoms with Crippen molar-refractivity contribution in [2.45, 2.75) is 31.7 Å². The van der Waals surface area contributed by atoms with Gasteiger partial charge in [0.05, 0.1) is 11.7 Å². The maximum atomic E-state index is 13.1. The molecule has 142 valence electrons. The van der Waals surface area contributed by atoms with E-state index >= 15 is 0 Å². The zero-order valence-electron chi connectivity index (χ0n) is 14.0. The molecule has 2 atom stereocenters. The van der Waals surface area contributed by atoms with Crippen molar-refractivity contribution in [3.63, 3.8) is 0 Å². The fourth-order valence-corrected chi connectivity index (χ4v) is 2.78. The summed E-state index contributed by atoms with van der Waals surface area (Å²) in [7, 11) is 1.36. The SMILES string of the molecule is COC1CC(C(=O)O)N(C(=O)c2cc(NC(C)=O)cc(C(F)(F)F)c2)C1. The molecular weight excluding hydrogens is 357 g/mol. The first-order valence-corrected chi connectivity index (χ1v) is 7.59. The van der Waals surface area contributed by atoms with Crippen molar-refractivity contribution in [2.75, 3.05) is 19.0 Å². The van der Waals surface area contributed by atoms with Crippen molar-refractivity contribution >= 4 is 23.5 Å². The second-order valence-corrected chi connectivity index (χ2v) is 5.88. The van der Waals surface area contributed by atoms with Gasteiger partial charge < -0.3 is 20.1 Å². The van der Waals surface area contributed by atoms with Crippen LogP contribution in [0, 0.1) is 0 Å². The van der Waals surface area contributed by atoms with E-state index in [1.54, 1.807) is 0 Å². The van der Waals surface area contributed by atoms with Gasteiger partial charge in [0.1, 0.15) is 6.04 Å². The number of aliphatic carboxylic acids is 1. The van der Waals surface area contributed by atoms with Crippen molar-refractivity contribution < 1.29 is 37.4 Å². The van der Waals surface area contributed by atoms with Crippen LogP contribution in [-0.4, -0.2) is 53.6 Å². The number of nitrogens with one attached hydrogen (secondary N) is 1. The van der Waals surface area contributed by atoms with Gasteiger partial charge in [-0.2, -0.15) is 13.2 Å². The topological polar surface area (TPSA) is 95.9 Å². The van der Waals surface area contributed by atoms with Gasteiger partial charge >= 0.3 is 12.1 Å². The Morgan fingerprint density at radius 1 is 1.27 bits per heavy atom. The van der Waals surface area contributed by atoms with E-state index in [4.69, 9.17) is 4.74 Å². The number of hydrogen-bond acceptors (Lipinski definition) is 4. The molecule has 1 aliphatic rings. The van der Waals surface area contributed by atoms with Crippen LogP contribution in [0.5, 0.6) is 0 Å². The van der Waals surface area contributed by atoms with Crippen LogP contribution in [0.3, 0.4) is 0 Å². The number of halogens is 3. The van der Waals surface area contributed by atoms with Crippen molar-refractivity contribution in [3.8, 4) is 0 Å². The average molecular weight is 374 g/mol. The van der Waals surface area contributed by atoms with E-state index in [1.807, 2.05) is 0 Å². The number of methoxy groups -OCH3 is 1. The monoisotopic (exact) mass is 374 g/mol. The minimum Gasteiger partial charge on any atom is -0.480 e. The molecule has 0 aromatic heterocycles. The Hall–Kier alpha value is -2.62. The van der Waals surface area contributed by atoms with E-state index in [0.717, 1.165) is 17.9 Å². The van der Waals surface area contributed by atoms with Gasteiger partial charge in [-0.25, -0.2) is 4.79 Å². The molecule has 1 heterocycles. The number of rotatable bonds is 4. The third-order valence-electron chi connectivity index (χ3n) is 3.97. The smallest absolute Gasteiger partial charge is 0.416 e. The summed E-state index contributed by atoms with van der Waals surface area (Å²) in [5.41, 5.74) is -1.70. The standard InChI is InChI=1S/C16H17F3N2O5/c1-8(22)20-11-4-9(3-10(5-11)16(17,18)19)14(23)21-7-12(26-2)6-13(21)15(24)25/h3-5,12-13H,6-7H2,1-2H3,(H,20,22)(H,24,25). The summed E-state index contributed by atoms with van der Waals surface area (Å²) >= 11 is 0. The highest BCUT2D eigenvalue weighted by molar-refractivity contribution is 5.99. The van der Waals surface area contributed by atoms with Crippen molar-refractivity contribution in [1.82, 2.24) is 4.90 Å². The number of carboxylic acids is 1. The van der Waals surface area contributed by atoms with Gasteiger partial charge in [0.15, 0.2) is 0 Å². The molecular formula is C16H17F3N2O5. The van der Waals surface area contributed by atoms with Gasteiger partial charge in [-0.1, -0.05) is 0 Å². The molecule has 7 nitrogen and oxygen atoms in total. The Morgan fingerprint density at radius 2 is 1.92 bits per heavy atom. The molecule has 1 fully saturated rings. The predicted molar refractivity (Wildman–Crippen MR) is 83.6 cm³/mol. The number of ether oxygens (including phenoxy) is 1. The third-order valence-corrected chi connectivity index (χ3v) is 3.97. The number of carbonyl (C=O) groups excluding carboxylic acids is 2. The molecule has 1 saturated heterocycles. The zero-order valence-corrected chi connectivity index (χ0v) is 14.0. The van der Waals surface area contributed by atoms with Gasteiger partial charge in [0.25, 0.3) is 5.91 Å². The molecule has 1 aromatic carbocycles. The number of hydrogen-bond donors (Lipinski definition) is 2. The highest BCUT2D eigenvalue weighted by atomic mass is 19.4. The summed E-state index contributed by atoms with van der Waals surface area (Å²) in [6.45, 7) is 1.06. The molecule has 2 amide bonds. The first kappa shape index (κ1) is 19.7. The van der Waals surface area contributed by atoms with Crippen LogP contribution in [0.1, 0.15) is 29.3 Å². The highest BCUT2D eigenvalue weighted by Crippen LogP contribution is 2.33. The number of carboxylic acid groups (broad SMARTS) is 1. The lowest BCUT2D eigenvalue weighted by molar-refractivity contribution is -0.141. The molecule has 2 unspecified atom stereocenters. The molecule has 2 N–H and O–H groups in total. The number of benzene rings is 1. The van der Waals surface area contributed by atoms with Gasteiger partial charge in [-0.05, 0) is 18.2 Å². The lowest BCUT2D eigenvalue weighted by Crippen LogP contribution is -2.40. The third kappa shape index (κ3) is 4.31. The zero-order chi connectivity index (χ0) is 19.6. The maximum Gasteiger partial charge on any atom is 0.416 e. The summed E-state index contributed by atoms with van der Waals surface area (Å²) in [5, 5.41) is 11.5. The predicted octanol–water partition coefficient (Wildman–Crippen LogP) is 1.98. The van der Waals surface area contributed by atoms with Crippen LogP contribution in [0.4, 0.5) is 18.9 Å². The van der Waals surface area contributed by atoms with E-state index in [9.17, 15) is 32.7 Å². The second-order valence-electron chi connectivity index (χ2n) is 5.88. The summed E-state index contributed by atoms with van der Waals surface area (Å²) in [6, 6.07) is 1.21. The number of likely N-dealkylation sites (tertiary alicyclic amines) is 1. The summed E-state index contributed by atoms with van der Waals surface area (Å²) in [5.74, 6) is -2.76. The molecule has 26 heavy (non-hydrogen) atoms. The molecule has 1 aliphatic heterocycles. The van der Waals surface area contributed by atoms with Crippen LogP contribution in [0.15, 0.2) is 18.2 Å². The minimum atomic E-state index is -4.74. The Bertz CT molecular complexity index is 735. The van der Waals surface area contributed by atoms with Crippen molar-refractivity contribution in [1.29, 1.82) is 0 Å². The molecule has 1 aromatic rings. The minimum absolute atomic E-state index is 0.0368. The fraction of sp³-hybridized carbons (Fsp3) is 0.438. The molecule has 2 rings (SSSR count). The lowest BCUT2D eigenvalue weighted by Gasteiger charge is -2.22. The van der Waals surface area contributed by atoms with Crippen LogP contribution in [0.2, 0.25) is 0 Å². The summed E-state index contributed by atoms with van der Waals surface area (Å²) < 4.78 is 44.4. The van der Waals surface area contributed by atoms with Crippen LogP contribution >= 0.6 is 0 Å². The molecule has 10 heteroatoms. The quantitative estimate of drug-likeness (QED) is 0.840. The molecule has 0 radical (unpaired) electrons. The van der Waals surface area contributed by atoms with E-state index in [-0.39, 0.29) is 24.2 Å². The fourth-order valence-electron chi connectivity index (χ4n) is 2.78. The Kier molecular flexibility index (Phi) is 5.55. The van der Waals surface area contributed by atoms with E-state index < -0.39 is 41.7 Å². The number of alkyl halides is 3. The van der Waals surface area contributed by atoms with Crippen LogP contribution in [-0.2, 0) is 20.5 Å². The Labute approximate surface area is 146 Å². The molecule has 0 saturated carbocycles. The maximum absolute atomic E-state index is 13.1. The first-order valence-electron chi connectivity index (χ1n) is 7.59. The Balaban J connectivity index is 2.43. The number of amides is 2. The second kappa shape index (κ2) is 7.32. The van der Waals surface area contributed by atoms with Crippen molar-refractivity contribution in [2.24, 2.45) is 0 Å². The summed E-state index contributed by atoms with van der Waals surface area (Å²) in [4.78, 5) is 36.1. The average Bonchev–Trinajstić information content (AvgIpc) is 2.97. The summed E-state index contributed by atoms with van der Waals surface area (Å²) in [6.07, 6.45) is -5.23. The number of nitrogens with zero attached hydrogens (tertiary/aromatic N) is 1. The molecule has 0 bridgehead atoms. The Morgan fingerprint density at radius 3 is 2.42 bits per heavy atom. The van der Waals surface area contributed by atoms with E-state index in [0.29, 0.717) is 12.1 Å². The van der Waals surface area contributed by atoms with Gasteiger partial charge in [0, 0.05) is 38.2 Å². The van der Waals surface area contributed by atoms with E-state index in [2.05, 4.69) is 5.32 Å². The van der Waals surface area contributed by atoms with Gasteiger partial charge in [0.2, 0.25) is 5.91 Å². The normalized spacial score (nSPS) is 20.1. The van der Waals surface area contributed by atoms with Gasteiger partial charge in [-0.15, -0.1) is 0 Å². The number of carbonyl (C=O) groups is 3. The van der Waals surface area contributed by atoms with E-state index in [1.165, 1.54) is 7.11 Å². The first-order chi connectivity index (χ1) is 12.0. The molecule has 0 aliphatic carbocycles. The highest BCUT2D eigenvalue weighted by Gasteiger charge is 2.41. The number of anilines is 1. The van der Waals surface area contributed by atoms with Crippen molar-refractivity contribution in [3.05, 3.63) is 29.3 Å². The lowest BCUT2D eigenvalue weighted by atomic mass is 10.1. The van der Waals surface area contributed by atoms with Crippen LogP contribution < -0.4 is 5.32 Å². The van der Waals surface area contributed by atoms with Gasteiger partial charge in [-0.3, -0.25) is 9.59 Å². The molecule has 0 spiro atoms.